The summed E-state index contributed by atoms with van der Waals surface area (Å²) < 4.78 is 10.2. The second-order valence-electron chi connectivity index (χ2n) is 3.85. The van der Waals surface area contributed by atoms with E-state index in [4.69, 9.17) is 14.4 Å². The number of ether oxygens (including phenoxy) is 1. The fraction of sp³-hybridized carbons (Fsp3) is 0.818. The highest BCUT2D eigenvalue weighted by Gasteiger charge is 2.11. The van der Waals surface area contributed by atoms with Gasteiger partial charge in [-0.15, -0.1) is 0 Å². The first-order valence-corrected chi connectivity index (χ1v) is 5.93. The molecule has 1 heterocycles. The highest BCUT2D eigenvalue weighted by molar-refractivity contribution is 4.86. The fourth-order valence-electron chi connectivity index (χ4n) is 1.50. The summed E-state index contributed by atoms with van der Waals surface area (Å²) in [5.41, 5.74) is 0. The Kier molecular flexibility index (Phi) is 6.76. The van der Waals surface area contributed by atoms with E-state index in [2.05, 4.69) is 17.1 Å². The maximum Gasteiger partial charge on any atom is 0.240 e. The van der Waals surface area contributed by atoms with E-state index in [0.29, 0.717) is 25.6 Å². The van der Waals surface area contributed by atoms with Crippen molar-refractivity contribution in [3.63, 3.8) is 0 Å². The van der Waals surface area contributed by atoms with Crippen LogP contribution in [0.4, 0.5) is 0 Å². The molecule has 17 heavy (non-hydrogen) atoms. The summed E-state index contributed by atoms with van der Waals surface area (Å²) >= 11 is 0. The summed E-state index contributed by atoms with van der Waals surface area (Å²) in [7, 11) is 1.66. The molecule has 0 saturated heterocycles. The van der Waals surface area contributed by atoms with E-state index in [-0.39, 0.29) is 6.61 Å². The zero-order valence-corrected chi connectivity index (χ0v) is 10.6. The number of nitrogens with zero attached hydrogens (tertiary/aromatic N) is 3. The topological polar surface area (TPSA) is 71.6 Å². The lowest BCUT2D eigenvalue weighted by atomic mass is 10.3. The van der Waals surface area contributed by atoms with Gasteiger partial charge in [0.25, 0.3) is 0 Å². The van der Waals surface area contributed by atoms with Crippen molar-refractivity contribution in [2.45, 2.75) is 26.3 Å². The van der Waals surface area contributed by atoms with Gasteiger partial charge in [-0.3, -0.25) is 4.90 Å². The molecule has 0 aliphatic rings. The van der Waals surface area contributed by atoms with Crippen molar-refractivity contribution in [3.8, 4) is 0 Å². The molecule has 0 aliphatic heterocycles. The van der Waals surface area contributed by atoms with Crippen molar-refractivity contribution in [2.75, 3.05) is 33.4 Å². The van der Waals surface area contributed by atoms with Crippen LogP contribution in [0.5, 0.6) is 0 Å². The largest absolute Gasteiger partial charge is 0.395 e. The molecule has 0 aromatic carbocycles. The Labute approximate surface area is 102 Å². The third kappa shape index (κ3) is 5.25. The quantitative estimate of drug-likeness (QED) is 0.679. The van der Waals surface area contributed by atoms with Crippen LogP contribution in [0, 0.1) is 0 Å². The maximum absolute atomic E-state index is 8.95. The molecule has 0 aliphatic carbocycles. The van der Waals surface area contributed by atoms with Crippen LogP contribution in [0.3, 0.4) is 0 Å². The summed E-state index contributed by atoms with van der Waals surface area (Å²) in [6, 6.07) is 0. The molecule has 0 radical (unpaired) electrons. The molecule has 0 spiro atoms. The predicted molar refractivity (Wildman–Crippen MR) is 62.5 cm³/mol. The molecule has 1 aromatic rings. The Balaban J connectivity index is 2.46. The van der Waals surface area contributed by atoms with Gasteiger partial charge in [-0.05, 0) is 6.42 Å². The van der Waals surface area contributed by atoms with E-state index < -0.39 is 0 Å². The van der Waals surface area contributed by atoms with E-state index in [1.165, 1.54) is 0 Å². The lowest BCUT2D eigenvalue weighted by Crippen LogP contribution is -2.30. The van der Waals surface area contributed by atoms with Gasteiger partial charge < -0.3 is 14.4 Å². The molecule has 0 unspecified atom stereocenters. The molecule has 1 aromatic heterocycles. The van der Waals surface area contributed by atoms with Crippen molar-refractivity contribution in [2.24, 2.45) is 0 Å². The SMILES string of the molecule is CCCc1noc(CN(CCO)CCOC)n1. The summed E-state index contributed by atoms with van der Waals surface area (Å²) in [6.07, 6.45) is 1.84. The zero-order valence-electron chi connectivity index (χ0n) is 10.6. The Hall–Kier alpha value is -0.980. The molecular formula is C11H21N3O3. The Morgan fingerprint density at radius 3 is 2.88 bits per heavy atom. The molecule has 6 nitrogen and oxygen atoms in total. The van der Waals surface area contributed by atoms with Gasteiger partial charge in [0.05, 0.1) is 19.8 Å². The first-order valence-electron chi connectivity index (χ1n) is 5.93. The van der Waals surface area contributed by atoms with Crippen molar-refractivity contribution in [1.82, 2.24) is 15.0 Å². The van der Waals surface area contributed by atoms with Gasteiger partial charge in [0.15, 0.2) is 5.82 Å². The smallest absolute Gasteiger partial charge is 0.240 e. The highest BCUT2D eigenvalue weighted by atomic mass is 16.5. The van der Waals surface area contributed by atoms with Crippen LogP contribution >= 0.6 is 0 Å². The van der Waals surface area contributed by atoms with Crippen LogP contribution < -0.4 is 0 Å². The number of aliphatic hydroxyl groups excluding tert-OH is 1. The van der Waals surface area contributed by atoms with E-state index in [1.807, 2.05) is 4.90 Å². The summed E-state index contributed by atoms with van der Waals surface area (Å²) in [5.74, 6) is 1.34. The number of aliphatic hydroxyl groups is 1. The summed E-state index contributed by atoms with van der Waals surface area (Å²) in [5, 5.41) is 12.8. The minimum Gasteiger partial charge on any atom is -0.395 e. The minimum absolute atomic E-state index is 0.111. The number of rotatable bonds is 9. The van der Waals surface area contributed by atoms with E-state index in [9.17, 15) is 0 Å². The molecule has 6 heteroatoms. The van der Waals surface area contributed by atoms with Gasteiger partial charge in [-0.1, -0.05) is 12.1 Å². The lowest BCUT2D eigenvalue weighted by Gasteiger charge is -2.18. The Morgan fingerprint density at radius 2 is 2.24 bits per heavy atom. The molecule has 0 atom stereocenters. The normalized spacial score (nSPS) is 11.3. The summed E-state index contributed by atoms with van der Waals surface area (Å²) in [6.45, 7) is 4.68. The van der Waals surface area contributed by atoms with Gasteiger partial charge in [-0.25, -0.2) is 0 Å². The summed E-state index contributed by atoms with van der Waals surface area (Å²) in [4.78, 5) is 6.31. The van der Waals surface area contributed by atoms with Gasteiger partial charge in [0.1, 0.15) is 0 Å². The molecule has 0 saturated carbocycles. The third-order valence-corrected chi connectivity index (χ3v) is 2.37. The highest BCUT2D eigenvalue weighted by Crippen LogP contribution is 2.04. The van der Waals surface area contributed by atoms with Crippen LogP contribution in [0.25, 0.3) is 0 Å². The molecule has 0 fully saturated rings. The third-order valence-electron chi connectivity index (χ3n) is 2.37. The molecule has 1 rings (SSSR count). The van der Waals surface area contributed by atoms with E-state index in [1.54, 1.807) is 7.11 Å². The standard InChI is InChI=1S/C11H21N3O3/c1-3-4-10-12-11(17-13-10)9-14(5-7-15)6-8-16-2/h15H,3-9H2,1-2H3. The number of methoxy groups -OCH3 is 1. The van der Waals surface area contributed by atoms with Crippen LogP contribution in [-0.2, 0) is 17.7 Å². The predicted octanol–water partition coefficient (Wildman–Crippen LogP) is 0.463. The van der Waals surface area contributed by atoms with E-state index >= 15 is 0 Å². The number of aromatic nitrogens is 2. The Morgan fingerprint density at radius 1 is 1.41 bits per heavy atom. The lowest BCUT2D eigenvalue weighted by molar-refractivity contribution is 0.118. The van der Waals surface area contributed by atoms with Gasteiger partial charge in [0, 0.05) is 26.6 Å². The van der Waals surface area contributed by atoms with Crippen LogP contribution in [0.2, 0.25) is 0 Å². The van der Waals surface area contributed by atoms with Gasteiger partial charge in [0.2, 0.25) is 5.89 Å². The first-order chi connectivity index (χ1) is 8.30. The average molecular weight is 243 g/mol. The number of hydrogen-bond donors (Lipinski definition) is 1. The zero-order chi connectivity index (χ0) is 12.5. The van der Waals surface area contributed by atoms with Crippen molar-refractivity contribution >= 4 is 0 Å². The second-order valence-corrected chi connectivity index (χ2v) is 3.85. The van der Waals surface area contributed by atoms with Crippen LogP contribution in [0.15, 0.2) is 4.52 Å². The molecular weight excluding hydrogens is 222 g/mol. The van der Waals surface area contributed by atoms with Gasteiger partial charge in [-0.2, -0.15) is 4.98 Å². The van der Waals surface area contributed by atoms with E-state index in [0.717, 1.165) is 25.2 Å². The molecule has 0 bridgehead atoms. The van der Waals surface area contributed by atoms with Crippen molar-refractivity contribution < 1.29 is 14.4 Å². The molecule has 1 N–H and O–H groups in total. The maximum atomic E-state index is 8.95. The molecule has 0 amide bonds. The fourth-order valence-corrected chi connectivity index (χ4v) is 1.50. The Bertz CT molecular complexity index is 304. The number of aryl methyl sites for hydroxylation is 1. The van der Waals surface area contributed by atoms with Crippen molar-refractivity contribution in [3.05, 3.63) is 11.7 Å². The number of hydrogen-bond acceptors (Lipinski definition) is 6. The average Bonchev–Trinajstić information content (AvgIpc) is 2.74. The first kappa shape index (κ1) is 14.1. The van der Waals surface area contributed by atoms with Crippen LogP contribution in [-0.4, -0.2) is 53.6 Å². The van der Waals surface area contributed by atoms with Gasteiger partial charge >= 0.3 is 0 Å². The monoisotopic (exact) mass is 243 g/mol. The minimum atomic E-state index is 0.111. The molecule has 98 valence electrons. The van der Waals surface area contributed by atoms with Crippen LogP contribution in [0.1, 0.15) is 25.1 Å². The van der Waals surface area contributed by atoms with Crippen molar-refractivity contribution in [1.29, 1.82) is 0 Å². The second kappa shape index (κ2) is 8.16.